The zero-order chi connectivity index (χ0) is 17.0. The van der Waals surface area contributed by atoms with Gasteiger partial charge >= 0.3 is 0 Å². The van der Waals surface area contributed by atoms with Crippen LogP contribution in [-0.4, -0.2) is 56.8 Å². The van der Waals surface area contributed by atoms with Gasteiger partial charge in [-0.2, -0.15) is 0 Å². The molecule has 1 aliphatic heterocycles. The SMILES string of the molecule is CCNC(=NCC(c1ccco1)N1CCCCC1)NCCOCC.I. The lowest BCUT2D eigenvalue weighted by Crippen LogP contribution is -2.40. The Balaban J connectivity index is 0.00000312. The molecule has 1 aliphatic rings. The molecule has 2 heterocycles. The van der Waals surface area contributed by atoms with E-state index in [1.165, 1.54) is 19.3 Å². The molecule has 0 radical (unpaired) electrons. The normalized spacial score (nSPS) is 17.0. The molecule has 6 nitrogen and oxygen atoms in total. The van der Waals surface area contributed by atoms with Gasteiger partial charge in [0, 0.05) is 19.7 Å². The highest BCUT2D eigenvalue weighted by Gasteiger charge is 2.24. The van der Waals surface area contributed by atoms with E-state index in [0.717, 1.165) is 44.5 Å². The van der Waals surface area contributed by atoms with Crippen molar-refractivity contribution in [2.24, 2.45) is 4.99 Å². The Labute approximate surface area is 168 Å². The predicted molar refractivity (Wildman–Crippen MR) is 113 cm³/mol. The highest BCUT2D eigenvalue weighted by atomic mass is 127. The first kappa shape index (κ1) is 22.2. The van der Waals surface area contributed by atoms with Crippen LogP contribution in [0.1, 0.15) is 44.9 Å². The number of halogens is 1. The minimum atomic E-state index is 0. The van der Waals surface area contributed by atoms with Crippen LogP contribution in [0.5, 0.6) is 0 Å². The number of furan rings is 1. The smallest absolute Gasteiger partial charge is 0.191 e. The van der Waals surface area contributed by atoms with Gasteiger partial charge in [0.05, 0.1) is 25.5 Å². The second-order valence-corrected chi connectivity index (χ2v) is 5.97. The van der Waals surface area contributed by atoms with Gasteiger partial charge in [-0.05, 0) is 51.9 Å². The summed E-state index contributed by atoms with van der Waals surface area (Å²) in [4.78, 5) is 7.28. The van der Waals surface area contributed by atoms with Crippen molar-refractivity contribution in [2.45, 2.75) is 39.2 Å². The second-order valence-electron chi connectivity index (χ2n) is 5.97. The van der Waals surface area contributed by atoms with E-state index < -0.39 is 0 Å². The van der Waals surface area contributed by atoms with Crippen molar-refractivity contribution in [3.63, 3.8) is 0 Å². The molecular weight excluding hydrogens is 431 g/mol. The Bertz CT molecular complexity index is 462. The lowest BCUT2D eigenvalue weighted by atomic mass is 10.1. The van der Waals surface area contributed by atoms with Gasteiger partial charge in [-0.25, -0.2) is 0 Å². The number of likely N-dealkylation sites (tertiary alicyclic amines) is 1. The molecule has 144 valence electrons. The number of guanidine groups is 1. The molecule has 1 unspecified atom stereocenters. The summed E-state index contributed by atoms with van der Waals surface area (Å²) < 4.78 is 11.1. The number of hydrogen-bond donors (Lipinski definition) is 2. The van der Waals surface area contributed by atoms with Crippen LogP contribution in [0, 0.1) is 0 Å². The van der Waals surface area contributed by atoms with Crippen molar-refractivity contribution in [3.05, 3.63) is 24.2 Å². The summed E-state index contributed by atoms with van der Waals surface area (Å²) in [6, 6.07) is 4.23. The minimum absolute atomic E-state index is 0. The van der Waals surface area contributed by atoms with Crippen LogP contribution in [0.25, 0.3) is 0 Å². The van der Waals surface area contributed by atoms with Crippen LogP contribution in [0.3, 0.4) is 0 Å². The zero-order valence-electron chi connectivity index (χ0n) is 15.5. The molecular formula is C18H33IN4O2. The van der Waals surface area contributed by atoms with Crippen LogP contribution < -0.4 is 10.6 Å². The van der Waals surface area contributed by atoms with Crippen LogP contribution in [0.15, 0.2) is 27.8 Å². The monoisotopic (exact) mass is 464 g/mol. The summed E-state index contributed by atoms with van der Waals surface area (Å²) in [6.07, 6.45) is 5.59. The van der Waals surface area contributed by atoms with Crippen molar-refractivity contribution in [2.75, 3.05) is 45.9 Å². The third-order valence-electron chi connectivity index (χ3n) is 4.21. The average Bonchev–Trinajstić information content (AvgIpc) is 3.14. The Kier molecular flexibility index (Phi) is 11.9. The molecule has 1 saturated heterocycles. The molecule has 1 aromatic rings. The van der Waals surface area contributed by atoms with Crippen LogP contribution in [-0.2, 0) is 4.74 Å². The lowest BCUT2D eigenvalue weighted by molar-refractivity contribution is 0.149. The molecule has 0 amide bonds. The zero-order valence-corrected chi connectivity index (χ0v) is 17.8. The molecule has 0 bridgehead atoms. The van der Waals surface area contributed by atoms with Gasteiger partial charge in [0.15, 0.2) is 5.96 Å². The Morgan fingerprint density at radius 2 is 2.08 bits per heavy atom. The highest BCUT2D eigenvalue weighted by molar-refractivity contribution is 14.0. The van der Waals surface area contributed by atoms with Crippen molar-refractivity contribution >= 4 is 29.9 Å². The van der Waals surface area contributed by atoms with Gasteiger partial charge in [-0.15, -0.1) is 24.0 Å². The lowest BCUT2D eigenvalue weighted by Gasteiger charge is -2.32. The quantitative estimate of drug-likeness (QED) is 0.255. The third-order valence-corrected chi connectivity index (χ3v) is 4.21. The van der Waals surface area contributed by atoms with Crippen molar-refractivity contribution in [1.29, 1.82) is 0 Å². The molecule has 1 aromatic heterocycles. The fourth-order valence-corrected chi connectivity index (χ4v) is 3.00. The Morgan fingerprint density at radius 3 is 2.72 bits per heavy atom. The van der Waals surface area contributed by atoms with Gasteiger partial charge in [0.25, 0.3) is 0 Å². The maximum Gasteiger partial charge on any atom is 0.191 e. The van der Waals surface area contributed by atoms with E-state index in [1.54, 1.807) is 6.26 Å². The fraction of sp³-hybridized carbons (Fsp3) is 0.722. The summed E-state index contributed by atoms with van der Waals surface area (Å²) in [5.74, 6) is 1.84. The van der Waals surface area contributed by atoms with Crippen LogP contribution >= 0.6 is 24.0 Å². The van der Waals surface area contributed by atoms with Crippen molar-refractivity contribution < 1.29 is 9.15 Å². The molecule has 2 N–H and O–H groups in total. The molecule has 7 heteroatoms. The largest absolute Gasteiger partial charge is 0.468 e. The topological polar surface area (TPSA) is 62.0 Å². The maximum absolute atomic E-state index is 5.68. The van der Waals surface area contributed by atoms with Crippen LogP contribution in [0.2, 0.25) is 0 Å². The third kappa shape index (κ3) is 7.96. The molecule has 0 aromatic carbocycles. The summed E-state index contributed by atoms with van der Waals surface area (Å²) in [5, 5.41) is 6.62. The molecule has 1 atom stereocenters. The second kappa shape index (κ2) is 13.4. The molecule has 25 heavy (non-hydrogen) atoms. The first-order chi connectivity index (χ1) is 11.8. The van der Waals surface area contributed by atoms with E-state index in [-0.39, 0.29) is 30.0 Å². The van der Waals surface area contributed by atoms with E-state index in [4.69, 9.17) is 14.1 Å². The number of aliphatic imine (C=N–C) groups is 1. The molecule has 1 fully saturated rings. The Hall–Kier alpha value is -0.800. The van der Waals surface area contributed by atoms with E-state index in [2.05, 4.69) is 28.5 Å². The fourth-order valence-electron chi connectivity index (χ4n) is 3.00. The molecule has 0 spiro atoms. The first-order valence-electron chi connectivity index (χ1n) is 9.22. The Morgan fingerprint density at radius 1 is 1.28 bits per heavy atom. The summed E-state index contributed by atoms with van der Waals surface area (Å²) in [7, 11) is 0. The van der Waals surface area contributed by atoms with Gasteiger partial charge in [0.2, 0.25) is 0 Å². The summed E-state index contributed by atoms with van der Waals surface area (Å²) in [6.45, 7) is 10.0. The van der Waals surface area contributed by atoms with E-state index in [1.807, 2.05) is 13.0 Å². The van der Waals surface area contributed by atoms with Crippen molar-refractivity contribution in [1.82, 2.24) is 15.5 Å². The van der Waals surface area contributed by atoms with Gasteiger partial charge in [-0.1, -0.05) is 6.42 Å². The number of nitrogens with one attached hydrogen (secondary N) is 2. The predicted octanol–water partition coefficient (Wildman–Crippen LogP) is 3.02. The minimum Gasteiger partial charge on any atom is -0.468 e. The first-order valence-corrected chi connectivity index (χ1v) is 9.22. The number of piperidine rings is 1. The number of nitrogens with zero attached hydrogens (tertiary/aromatic N) is 2. The van der Waals surface area contributed by atoms with E-state index in [9.17, 15) is 0 Å². The summed E-state index contributed by atoms with van der Waals surface area (Å²) >= 11 is 0. The standard InChI is InChI=1S/C18H32N4O2.HI/c1-3-19-18(20-10-14-23-4-2)21-15-16(17-9-8-13-24-17)22-11-6-5-7-12-22;/h8-9,13,16H,3-7,10-12,14-15H2,1-2H3,(H2,19,20,21);1H. The highest BCUT2D eigenvalue weighted by Crippen LogP contribution is 2.25. The average molecular weight is 464 g/mol. The number of ether oxygens (including phenoxy) is 1. The van der Waals surface area contributed by atoms with Crippen molar-refractivity contribution in [3.8, 4) is 0 Å². The number of hydrogen-bond acceptors (Lipinski definition) is 4. The van der Waals surface area contributed by atoms with E-state index in [0.29, 0.717) is 13.2 Å². The number of rotatable bonds is 9. The van der Waals surface area contributed by atoms with Gasteiger partial charge < -0.3 is 19.8 Å². The van der Waals surface area contributed by atoms with Gasteiger partial charge in [0.1, 0.15) is 5.76 Å². The van der Waals surface area contributed by atoms with E-state index >= 15 is 0 Å². The van der Waals surface area contributed by atoms with Crippen LogP contribution in [0.4, 0.5) is 0 Å². The maximum atomic E-state index is 5.68. The molecule has 0 saturated carbocycles. The summed E-state index contributed by atoms with van der Waals surface area (Å²) in [5.41, 5.74) is 0. The molecule has 0 aliphatic carbocycles. The molecule has 2 rings (SSSR count). The van der Waals surface area contributed by atoms with Gasteiger partial charge in [-0.3, -0.25) is 9.89 Å².